The summed E-state index contributed by atoms with van der Waals surface area (Å²) in [5.41, 5.74) is 2.38. The third-order valence-electron chi connectivity index (χ3n) is 5.27. The molecule has 5 rings (SSSR count). The highest BCUT2D eigenvalue weighted by Gasteiger charge is 2.45. The van der Waals surface area contributed by atoms with E-state index in [1.165, 1.54) is 24.1 Å². The maximum Gasteiger partial charge on any atom is 0.231 e. The predicted octanol–water partition coefficient (Wildman–Crippen LogP) is 2.06. The van der Waals surface area contributed by atoms with Gasteiger partial charge in [-0.3, -0.25) is 4.79 Å². The number of anilines is 1. The Morgan fingerprint density at radius 3 is 2.79 bits per heavy atom. The van der Waals surface area contributed by atoms with Crippen molar-refractivity contribution >= 4 is 11.6 Å². The number of carbonyl (C=O) groups is 1. The Hall–Kier alpha value is -1.35. The van der Waals surface area contributed by atoms with E-state index in [2.05, 4.69) is 35.0 Å². The van der Waals surface area contributed by atoms with Gasteiger partial charge in [-0.25, -0.2) is 0 Å². The summed E-state index contributed by atoms with van der Waals surface area (Å²) >= 11 is 0. The lowest BCUT2D eigenvalue weighted by Gasteiger charge is -2.50. The number of rotatable bonds is 1. The first-order chi connectivity index (χ1) is 9.24. The van der Waals surface area contributed by atoms with Crippen LogP contribution in [0.3, 0.4) is 0 Å². The van der Waals surface area contributed by atoms with Crippen LogP contribution in [0.5, 0.6) is 0 Å². The van der Waals surface area contributed by atoms with Gasteiger partial charge < -0.3 is 9.80 Å². The molecule has 1 aliphatic carbocycles. The number of carbonyl (C=O) groups excluding carboxylic acids is 1. The summed E-state index contributed by atoms with van der Waals surface area (Å²) in [4.78, 5) is 17.0. The standard InChI is InChI=1S/C16H20N2O/c1-17-10-12-6-7-13(17)9-15(12)18-14-5-3-2-4-11(14)8-16(18)19/h2-5,12-13,15H,6-10H2,1H3. The van der Waals surface area contributed by atoms with Crippen molar-refractivity contribution < 1.29 is 4.79 Å². The molecule has 0 aromatic heterocycles. The normalized spacial score (nSPS) is 33.8. The van der Waals surface area contributed by atoms with Crippen molar-refractivity contribution in [2.75, 3.05) is 18.5 Å². The van der Waals surface area contributed by atoms with E-state index < -0.39 is 0 Å². The molecular weight excluding hydrogens is 236 g/mol. The van der Waals surface area contributed by atoms with Gasteiger partial charge in [0.2, 0.25) is 5.91 Å². The Labute approximate surface area is 114 Å². The van der Waals surface area contributed by atoms with E-state index in [1.807, 2.05) is 6.07 Å². The van der Waals surface area contributed by atoms with Gasteiger partial charge >= 0.3 is 0 Å². The molecule has 3 heterocycles. The zero-order valence-electron chi connectivity index (χ0n) is 11.4. The van der Waals surface area contributed by atoms with E-state index in [-0.39, 0.29) is 0 Å². The van der Waals surface area contributed by atoms with E-state index >= 15 is 0 Å². The van der Waals surface area contributed by atoms with E-state index in [4.69, 9.17) is 0 Å². The van der Waals surface area contributed by atoms with Crippen LogP contribution < -0.4 is 4.90 Å². The van der Waals surface area contributed by atoms with Gasteiger partial charge in [-0.05, 0) is 43.9 Å². The molecule has 1 aromatic carbocycles. The van der Waals surface area contributed by atoms with Crippen LogP contribution >= 0.6 is 0 Å². The number of nitrogens with zero attached hydrogens (tertiary/aromatic N) is 2. The number of fused-ring (bicyclic) bond motifs is 4. The monoisotopic (exact) mass is 256 g/mol. The van der Waals surface area contributed by atoms with Crippen LogP contribution in [0.4, 0.5) is 5.69 Å². The third-order valence-corrected chi connectivity index (χ3v) is 5.27. The minimum absolute atomic E-state index is 0.307. The molecule has 1 amide bonds. The summed E-state index contributed by atoms with van der Waals surface area (Å²) in [5.74, 6) is 0.964. The molecule has 19 heavy (non-hydrogen) atoms. The number of para-hydroxylation sites is 1. The highest BCUT2D eigenvalue weighted by molar-refractivity contribution is 6.01. The van der Waals surface area contributed by atoms with Gasteiger partial charge in [-0.1, -0.05) is 18.2 Å². The van der Waals surface area contributed by atoms with Crippen molar-refractivity contribution in [1.82, 2.24) is 4.90 Å². The highest BCUT2D eigenvalue weighted by Crippen LogP contribution is 2.41. The third kappa shape index (κ3) is 1.64. The van der Waals surface area contributed by atoms with Crippen molar-refractivity contribution in [3.05, 3.63) is 29.8 Å². The second-order valence-corrected chi connectivity index (χ2v) is 6.30. The second-order valence-electron chi connectivity index (χ2n) is 6.30. The van der Waals surface area contributed by atoms with Crippen LogP contribution in [0.1, 0.15) is 24.8 Å². The molecule has 0 N–H and O–H groups in total. The molecular formula is C16H20N2O. The fourth-order valence-electron chi connectivity index (χ4n) is 4.28. The summed E-state index contributed by atoms with van der Waals surface area (Å²) < 4.78 is 0. The van der Waals surface area contributed by atoms with Crippen molar-refractivity contribution in [3.8, 4) is 0 Å². The molecule has 0 spiro atoms. The van der Waals surface area contributed by atoms with Crippen molar-refractivity contribution in [2.45, 2.75) is 37.8 Å². The van der Waals surface area contributed by atoms with Crippen LogP contribution in [0.25, 0.3) is 0 Å². The molecule has 100 valence electrons. The lowest BCUT2D eigenvalue weighted by Crippen LogP contribution is -2.58. The van der Waals surface area contributed by atoms with Gasteiger partial charge in [0.25, 0.3) is 0 Å². The van der Waals surface area contributed by atoms with E-state index in [1.54, 1.807) is 0 Å². The summed E-state index contributed by atoms with van der Waals surface area (Å²) in [5, 5.41) is 0. The summed E-state index contributed by atoms with van der Waals surface area (Å²) in [6, 6.07) is 9.42. The number of hydrogen-bond donors (Lipinski definition) is 0. The number of piperidine rings is 2. The molecule has 3 atom stereocenters. The minimum atomic E-state index is 0.307. The molecule has 2 saturated heterocycles. The molecule has 3 heteroatoms. The molecule has 1 saturated carbocycles. The molecule has 1 aromatic rings. The van der Waals surface area contributed by atoms with Gasteiger partial charge in [0, 0.05) is 24.3 Å². The molecule has 2 bridgehead atoms. The molecule has 4 aliphatic rings. The Bertz CT molecular complexity index is 527. The van der Waals surface area contributed by atoms with Gasteiger partial charge in [0.1, 0.15) is 0 Å². The number of benzene rings is 1. The van der Waals surface area contributed by atoms with Crippen LogP contribution in [0.15, 0.2) is 24.3 Å². The zero-order chi connectivity index (χ0) is 13.0. The smallest absolute Gasteiger partial charge is 0.231 e. The van der Waals surface area contributed by atoms with Gasteiger partial charge in [-0.15, -0.1) is 0 Å². The average molecular weight is 256 g/mol. The fraction of sp³-hybridized carbons (Fsp3) is 0.562. The lowest BCUT2D eigenvalue weighted by atomic mass is 9.75. The topological polar surface area (TPSA) is 23.6 Å². The van der Waals surface area contributed by atoms with Crippen molar-refractivity contribution in [3.63, 3.8) is 0 Å². The van der Waals surface area contributed by atoms with E-state index in [9.17, 15) is 4.79 Å². The van der Waals surface area contributed by atoms with Crippen LogP contribution in [0, 0.1) is 5.92 Å². The zero-order valence-corrected chi connectivity index (χ0v) is 11.4. The Morgan fingerprint density at radius 1 is 1.21 bits per heavy atom. The highest BCUT2D eigenvalue weighted by atomic mass is 16.2. The first-order valence-corrected chi connectivity index (χ1v) is 7.34. The average Bonchev–Trinajstić information content (AvgIpc) is 2.75. The predicted molar refractivity (Wildman–Crippen MR) is 75.2 cm³/mol. The second kappa shape index (κ2) is 4.07. The Morgan fingerprint density at radius 2 is 2.05 bits per heavy atom. The summed E-state index contributed by atoms with van der Waals surface area (Å²) in [6.45, 7) is 1.15. The SMILES string of the molecule is CN1CC2CCC1CC2N1C(=O)Cc2ccccc21. The minimum Gasteiger partial charge on any atom is -0.308 e. The fourth-order valence-corrected chi connectivity index (χ4v) is 4.28. The Kier molecular flexibility index (Phi) is 2.46. The van der Waals surface area contributed by atoms with Crippen LogP contribution in [-0.4, -0.2) is 36.5 Å². The number of hydrogen-bond acceptors (Lipinski definition) is 2. The quantitative estimate of drug-likeness (QED) is 0.768. The molecule has 3 fully saturated rings. The van der Waals surface area contributed by atoms with Crippen LogP contribution in [0.2, 0.25) is 0 Å². The van der Waals surface area contributed by atoms with Gasteiger partial charge in [-0.2, -0.15) is 0 Å². The summed E-state index contributed by atoms with van der Waals surface area (Å²) in [6.07, 6.45) is 4.34. The van der Waals surface area contributed by atoms with Crippen molar-refractivity contribution in [1.29, 1.82) is 0 Å². The molecule has 3 aliphatic heterocycles. The van der Waals surface area contributed by atoms with E-state index in [0.717, 1.165) is 13.0 Å². The first kappa shape index (κ1) is 11.5. The Balaban J connectivity index is 1.68. The number of amides is 1. The van der Waals surface area contributed by atoms with Gasteiger partial charge in [0.15, 0.2) is 0 Å². The maximum atomic E-state index is 12.4. The largest absolute Gasteiger partial charge is 0.308 e. The molecule has 0 radical (unpaired) electrons. The van der Waals surface area contributed by atoms with Crippen molar-refractivity contribution in [2.24, 2.45) is 5.92 Å². The van der Waals surface area contributed by atoms with Gasteiger partial charge in [0.05, 0.1) is 6.42 Å². The van der Waals surface area contributed by atoms with Crippen LogP contribution in [-0.2, 0) is 11.2 Å². The molecule has 3 nitrogen and oxygen atoms in total. The summed E-state index contributed by atoms with van der Waals surface area (Å²) in [7, 11) is 2.23. The van der Waals surface area contributed by atoms with E-state index in [0.29, 0.717) is 30.3 Å². The first-order valence-electron chi connectivity index (χ1n) is 7.34. The molecule has 3 unspecified atom stereocenters. The maximum absolute atomic E-state index is 12.4. The lowest BCUT2D eigenvalue weighted by molar-refractivity contribution is -0.118.